The number of carbonyl (C=O) groups is 6. The highest BCUT2D eigenvalue weighted by Crippen LogP contribution is 2.26. The van der Waals surface area contributed by atoms with Crippen LogP contribution in [0.5, 0.6) is 0 Å². The number of nitrogens with one attached hydrogen (secondary N) is 4. The van der Waals surface area contributed by atoms with Crippen molar-refractivity contribution in [2.24, 2.45) is 0 Å². The zero-order valence-electron chi connectivity index (χ0n) is 30.0. The topological polar surface area (TPSA) is 210 Å². The summed E-state index contributed by atoms with van der Waals surface area (Å²) in [6.07, 6.45) is 2.88. The normalized spacial score (nSPS) is 23.8. The number of hydrogen-bond acceptors (Lipinski definition) is 10. The monoisotopic (exact) mass is 734 g/mol. The van der Waals surface area contributed by atoms with E-state index in [1.807, 2.05) is 4.72 Å². The first-order valence-electron chi connectivity index (χ1n) is 16.9. The van der Waals surface area contributed by atoms with Gasteiger partial charge in [-0.1, -0.05) is 50.1 Å². The molecule has 4 atom stereocenters. The zero-order valence-corrected chi connectivity index (χ0v) is 30.8. The minimum atomic E-state index is -4.54. The van der Waals surface area contributed by atoms with Crippen LogP contribution < -0.4 is 20.7 Å². The predicted molar refractivity (Wildman–Crippen MR) is 188 cm³/mol. The Morgan fingerprint density at radius 1 is 1.06 bits per heavy atom. The van der Waals surface area contributed by atoms with Crippen LogP contribution in [0.1, 0.15) is 72.6 Å². The molecule has 0 spiro atoms. The van der Waals surface area contributed by atoms with Crippen LogP contribution in [0.2, 0.25) is 0 Å². The standard InChI is InChI=1S/C34H50N6O10S/c1-7-34(30(44)38-51(47,48)22-27(41)35-23-16-12-11-13-17-23)19-15-10-8-9-14-18-25(36-31(45)50-33(2,3)4)29(43)40-21-24(49-32(46)39(5)6)20-26(40)28(42)37-34/h11-13,15-17,19,24-26H,7-10,14,18,20-22H2,1-6H3,(H,35,41)(H,36,45)(H,37,42)(H,38,44)/b19-15-/t24-,25+,26+,34-/m1/s1. The number of allylic oxidation sites excluding steroid dienone is 1. The van der Waals surface area contributed by atoms with Gasteiger partial charge in [0.2, 0.25) is 27.7 Å². The van der Waals surface area contributed by atoms with E-state index in [2.05, 4.69) is 16.0 Å². The molecule has 51 heavy (non-hydrogen) atoms. The number of para-hydroxylation sites is 1. The van der Waals surface area contributed by atoms with Gasteiger partial charge in [0.25, 0.3) is 5.91 Å². The quantitative estimate of drug-likeness (QED) is 0.287. The molecule has 1 saturated heterocycles. The Kier molecular flexibility index (Phi) is 14.0. The predicted octanol–water partition coefficient (Wildman–Crippen LogP) is 2.42. The summed E-state index contributed by atoms with van der Waals surface area (Å²) in [5.74, 6) is -4.49. The molecule has 3 rings (SSSR count). The van der Waals surface area contributed by atoms with E-state index in [1.165, 1.54) is 30.0 Å². The van der Waals surface area contributed by atoms with Gasteiger partial charge >= 0.3 is 12.2 Å². The lowest BCUT2D eigenvalue weighted by Crippen LogP contribution is -2.62. The first-order valence-corrected chi connectivity index (χ1v) is 18.6. The average molecular weight is 735 g/mol. The Labute approximate surface area is 299 Å². The summed E-state index contributed by atoms with van der Waals surface area (Å²) in [6, 6.07) is 5.83. The van der Waals surface area contributed by atoms with Crippen molar-refractivity contribution in [1.82, 2.24) is 25.2 Å². The Balaban J connectivity index is 1.93. The van der Waals surface area contributed by atoms with Gasteiger partial charge in [-0.3, -0.25) is 23.9 Å². The maximum absolute atomic E-state index is 14.1. The first-order chi connectivity index (χ1) is 23.8. The minimum absolute atomic E-state index is 0.102. The molecule has 0 bridgehead atoms. The van der Waals surface area contributed by atoms with Crippen molar-refractivity contribution in [3.05, 3.63) is 42.5 Å². The van der Waals surface area contributed by atoms with Crippen LogP contribution in [0, 0.1) is 0 Å². The summed E-state index contributed by atoms with van der Waals surface area (Å²) in [5, 5.41) is 7.75. The molecular formula is C34H50N6O10S. The van der Waals surface area contributed by atoms with E-state index in [1.54, 1.807) is 64.1 Å². The van der Waals surface area contributed by atoms with Gasteiger partial charge < -0.3 is 35.2 Å². The SMILES string of the molecule is CC[C@]1(C(=O)NS(=O)(=O)CC(=O)Nc2ccccc2)/C=C\CCCCC[C@H](NC(=O)OC(C)(C)C)C(=O)N2C[C@H](OC(=O)N(C)C)C[C@H]2C(=O)N1. The van der Waals surface area contributed by atoms with Gasteiger partial charge in [-0.05, 0) is 58.6 Å². The summed E-state index contributed by atoms with van der Waals surface area (Å²) >= 11 is 0. The summed E-state index contributed by atoms with van der Waals surface area (Å²) < 4.78 is 39.0. The van der Waals surface area contributed by atoms with Gasteiger partial charge in [0.05, 0.1) is 6.54 Å². The fourth-order valence-corrected chi connectivity index (χ4v) is 6.56. The van der Waals surface area contributed by atoms with Crippen LogP contribution in [-0.4, -0.2) is 110 Å². The maximum atomic E-state index is 14.1. The number of sulfonamides is 1. The molecular weight excluding hydrogens is 684 g/mol. The molecule has 0 aliphatic carbocycles. The largest absolute Gasteiger partial charge is 0.444 e. The molecule has 2 aliphatic rings. The highest BCUT2D eigenvalue weighted by atomic mass is 32.2. The van der Waals surface area contributed by atoms with E-state index in [0.29, 0.717) is 31.4 Å². The summed E-state index contributed by atoms with van der Waals surface area (Å²) in [5.41, 5.74) is -2.39. The lowest BCUT2D eigenvalue weighted by atomic mass is 9.92. The van der Waals surface area contributed by atoms with E-state index >= 15 is 0 Å². The Morgan fingerprint density at radius 3 is 2.37 bits per heavy atom. The van der Waals surface area contributed by atoms with Crippen molar-refractivity contribution in [2.75, 3.05) is 31.7 Å². The average Bonchev–Trinajstić information content (AvgIpc) is 3.45. The third-order valence-corrected chi connectivity index (χ3v) is 9.31. The van der Waals surface area contributed by atoms with Crippen molar-refractivity contribution in [3.63, 3.8) is 0 Å². The maximum Gasteiger partial charge on any atom is 0.409 e. The highest BCUT2D eigenvalue weighted by molar-refractivity contribution is 7.90. The molecule has 2 aliphatic heterocycles. The number of alkyl carbamates (subject to hydrolysis) is 1. The van der Waals surface area contributed by atoms with Crippen molar-refractivity contribution < 1.29 is 46.7 Å². The molecule has 1 aromatic carbocycles. The van der Waals surface area contributed by atoms with Crippen LogP contribution >= 0.6 is 0 Å². The Morgan fingerprint density at radius 2 is 1.75 bits per heavy atom. The van der Waals surface area contributed by atoms with Gasteiger partial charge in [-0.15, -0.1) is 0 Å². The van der Waals surface area contributed by atoms with E-state index in [9.17, 15) is 37.2 Å². The minimum Gasteiger partial charge on any atom is -0.444 e. The van der Waals surface area contributed by atoms with Gasteiger partial charge in [-0.25, -0.2) is 18.0 Å². The van der Waals surface area contributed by atoms with Crippen molar-refractivity contribution in [3.8, 4) is 0 Å². The van der Waals surface area contributed by atoms with Crippen molar-refractivity contribution in [2.45, 2.75) is 102 Å². The number of nitrogens with zero attached hydrogens (tertiary/aromatic N) is 2. The number of hydrogen-bond donors (Lipinski definition) is 4. The van der Waals surface area contributed by atoms with E-state index in [4.69, 9.17) is 9.47 Å². The third kappa shape index (κ3) is 12.3. The van der Waals surface area contributed by atoms with Crippen LogP contribution in [0.4, 0.5) is 15.3 Å². The molecule has 6 amide bonds. The number of amides is 6. The van der Waals surface area contributed by atoms with Crippen LogP contribution in [0.25, 0.3) is 0 Å². The molecule has 0 aromatic heterocycles. The number of anilines is 1. The highest BCUT2D eigenvalue weighted by Gasteiger charge is 2.47. The number of fused-ring (bicyclic) bond motifs is 1. The fraction of sp³-hybridized carbons (Fsp3) is 0.588. The van der Waals surface area contributed by atoms with Gasteiger partial charge in [-0.2, -0.15) is 0 Å². The van der Waals surface area contributed by atoms with E-state index in [0.717, 1.165) is 0 Å². The fourth-order valence-electron chi connectivity index (χ4n) is 5.61. The van der Waals surface area contributed by atoms with Crippen LogP contribution in [0.3, 0.4) is 0 Å². The van der Waals surface area contributed by atoms with Gasteiger partial charge in [0, 0.05) is 26.2 Å². The van der Waals surface area contributed by atoms with Gasteiger partial charge in [0.15, 0.2) is 0 Å². The smallest absolute Gasteiger partial charge is 0.409 e. The van der Waals surface area contributed by atoms with Crippen molar-refractivity contribution >= 4 is 51.5 Å². The summed E-state index contributed by atoms with van der Waals surface area (Å²) in [7, 11) is -1.58. The summed E-state index contributed by atoms with van der Waals surface area (Å²) in [4.78, 5) is 82.2. The van der Waals surface area contributed by atoms with E-state index in [-0.39, 0.29) is 25.8 Å². The molecule has 0 unspecified atom stereocenters. The molecule has 16 nitrogen and oxygen atoms in total. The van der Waals surface area contributed by atoms with Crippen molar-refractivity contribution in [1.29, 1.82) is 0 Å². The molecule has 1 fully saturated rings. The second kappa shape index (κ2) is 17.5. The third-order valence-electron chi connectivity index (χ3n) is 8.17. The van der Waals surface area contributed by atoms with Crippen LogP contribution in [0.15, 0.2) is 42.5 Å². The van der Waals surface area contributed by atoms with Crippen LogP contribution in [-0.2, 0) is 38.7 Å². The Bertz CT molecular complexity index is 1580. The molecule has 282 valence electrons. The lowest BCUT2D eigenvalue weighted by molar-refractivity contribution is -0.141. The zero-order chi connectivity index (χ0) is 38.0. The molecule has 0 saturated carbocycles. The Hall–Kier alpha value is -4.67. The lowest BCUT2D eigenvalue weighted by Gasteiger charge is -2.34. The molecule has 2 heterocycles. The first kappa shape index (κ1) is 40.8. The summed E-state index contributed by atoms with van der Waals surface area (Å²) in [6.45, 7) is 6.43. The number of rotatable bonds is 8. The second-order valence-electron chi connectivity index (χ2n) is 13.8. The molecule has 1 aromatic rings. The molecule has 0 radical (unpaired) electrons. The molecule has 17 heteroatoms. The number of ether oxygens (including phenoxy) is 2. The number of carbonyl (C=O) groups excluding carboxylic acids is 6. The van der Waals surface area contributed by atoms with E-state index < -0.39 is 80.9 Å². The second-order valence-corrected chi connectivity index (χ2v) is 15.5. The molecule has 4 N–H and O–H groups in total. The number of benzene rings is 1. The van der Waals surface area contributed by atoms with Gasteiger partial charge in [0.1, 0.15) is 35.1 Å².